The van der Waals surface area contributed by atoms with E-state index in [2.05, 4.69) is 4.98 Å². The van der Waals surface area contributed by atoms with Gasteiger partial charge in [0, 0.05) is 39.1 Å². The minimum atomic E-state index is -0.845. The Morgan fingerprint density at radius 1 is 1.20 bits per heavy atom. The third-order valence-electron chi connectivity index (χ3n) is 4.78. The molecular weight excluding hydrogens is 270 g/mol. The average molecular weight is 287 g/mol. The lowest BCUT2D eigenvalue weighted by atomic mass is 9.83. The van der Waals surface area contributed by atoms with E-state index in [9.17, 15) is 9.32 Å². The second-order valence-corrected chi connectivity index (χ2v) is 7.98. The highest BCUT2D eigenvalue weighted by atomic mass is 32.2. The summed E-state index contributed by atoms with van der Waals surface area (Å²) in [6, 6.07) is 8.00. The summed E-state index contributed by atoms with van der Waals surface area (Å²) in [4.78, 5) is 4.20. The molecule has 4 heteroatoms. The Kier molecular flexibility index (Phi) is 2.72. The SMILES string of the molecule is O=S1C2CCC1CC(O)(c1cccc3ccncc13)C2. The van der Waals surface area contributed by atoms with Gasteiger partial charge in [0.15, 0.2) is 0 Å². The molecule has 20 heavy (non-hydrogen) atoms. The number of aromatic nitrogens is 1. The Hall–Kier alpha value is -1.26. The molecule has 0 radical (unpaired) electrons. The number of pyridine rings is 1. The van der Waals surface area contributed by atoms with Crippen LogP contribution in [0.3, 0.4) is 0 Å². The quantitative estimate of drug-likeness (QED) is 0.876. The molecule has 0 saturated carbocycles. The largest absolute Gasteiger partial charge is 0.385 e. The van der Waals surface area contributed by atoms with Gasteiger partial charge in [-0.2, -0.15) is 0 Å². The van der Waals surface area contributed by atoms with Gasteiger partial charge in [0.25, 0.3) is 0 Å². The molecule has 2 atom stereocenters. The van der Waals surface area contributed by atoms with Crippen LogP contribution < -0.4 is 0 Å². The normalized spacial score (nSPS) is 36.4. The first-order chi connectivity index (χ1) is 9.67. The van der Waals surface area contributed by atoms with Crippen LogP contribution in [0.25, 0.3) is 10.8 Å². The van der Waals surface area contributed by atoms with Crippen LogP contribution in [-0.4, -0.2) is 24.8 Å². The fraction of sp³-hybridized carbons (Fsp3) is 0.438. The Morgan fingerprint density at radius 3 is 2.70 bits per heavy atom. The summed E-state index contributed by atoms with van der Waals surface area (Å²) >= 11 is 0. The standard InChI is InChI=1S/C16H17NO2S/c18-16(8-12-4-5-13(9-16)20(12)19)15-3-1-2-11-6-7-17-10-14(11)15/h1-3,6-7,10,12-13,18H,4-5,8-9H2. The summed E-state index contributed by atoms with van der Waals surface area (Å²) in [6.07, 6.45) is 6.81. The van der Waals surface area contributed by atoms with Crippen LogP contribution in [0.1, 0.15) is 31.2 Å². The van der Waals surface area contributed by atoms with E-state index in [0.717, 1.165) is 29.2 Å². The van der Waals surface area contributed by atoms with E-state index in [1.54, 1.807) is 6.20 Å². The topological polar surface area (TPSA) is 50.2 Å². The van der Waals surface area contributed by atoms with E-state index in [1.807, 2.05) is 30.5 Å². The lowest BCUT2D eigenvalue weighted by Gasteiger charge is -2.36. The predicted octanol–water partition coefficient (Wildman–Crippen LogP) is 2.50. The number of hydrogen-bond acceptors (Lipinski definition) is 3. The van der Waals surface area contributed by atoms with Crippen LogP contribution in [-0.2, 0) is 16.4 Å². The number of rotatable bonds is 1. The molecule has 2 fully saturated rings. The lowest BCUT2D eigenvalue weighted by molar-refractivity contribution is 0.0199. The zero-order valence-electron chi connectivity index (χ0n) is 11.2. The summed E-state index contributed by atoms with van der Waals surface area (Å²) in [7, 11) is -0.748. The maximum atomic E-state index is 12.2. The summed E-state index contributed by atoms with van der Waals surface area (Å²) in [5.74, 6) is 0. The first-order valence-corrected chi connectivity index (χ1v) is 8.40. The van der Waals surface area contributed by atoms with Gasteiger partial charge in [0.2, 0.25) is 0 Å². The first-order valence-electron chi connectivity index (χ1n) is 7.12. The van der Waals surface area contributed by atoms with Crippen molar-refractivity contribution >= 4 is 21.6 Å². The zero-order valence-corrected chi connectivity index (χ0v) is 12.0. The van der Waals surface area contributed by atoms with E-state index >= 15 is 0 Å². The number of hydrogen-bond donors (Lipinski definition) is 1. The Labute approximate surface area is 120 Å². The van der Waals surface area contributed by atoms with Crippen LogP contribution in [0.4, 0.5) is 0 Å². The van der Waals surface area contributed by atoms with Gasteiger partial charge in [-0.3, -0.25) is 9.19 Å². The Morgan fingerprint density at radius 2 is 1.95 bits per heavy atom. The summed E-state index contributed by atoms with van der Waals surface area (Å²) < 4.78 is 12.2. The second kappa shape index (κ2) is 4.37. The highest BCUT2D eigenvalue weighted by molar-refractivity contribution is 7.86. The van der Waals surface area contributed by atoms with Gasteiger partial charge >= 0.3 is 0 Å². The third-order valence-corrected chi connectivity index (χ3v) is 6.90. The van der Waals surface area contributed by atoms with E-state index in [1.165, 1.54) is 0 Å². The maximum absolute atomic E-state index is 12.2. The van der Waals surface area contributed by atoms with Gasteiger partial charge in [0.1, 0.15) is 0 Å². The summed E-state index contributed by atoms with van der Waals surface area (Å²) in [6.45, 7) is 0. The van der Waals surface area contributed by atoms with Gasteiger partial charge < -0.3 is 5.11 Å². The first kappa shape index (κ1) is 12.5. The molecule has 0 amide bonds. The number of nitrogens with zero attached hydrogens (tertiary/aromatic N) is 1. The molecule has 2 aliphatic rings. The van der Waals surface area contributed by atoms with Crippen molar-refractivity contribution in [3.05, 3.63) is 42.2 Å². The van der Waals surface area contributed by atoms with E-state index in [4.69, 9.17) is 0 Å². The molecule has 2 unspecified atom stereocenters. The molecule has 0 aliphatic carbocycles. The molecule has 1 aromatic heterocycles. The molecule has 2 aliphatic heterocycles. The molecule has 2 bridgehead atoms. The molecule has 1 aromatic carbocycles. The number of aliphatic hydroxyl groups is 1. The molecular formula is C16H17NO2S. The van der Waals surface area contributed by atoms with Crippen molar-refractivity contribution < 1.29 is 9.32 Å². The van der Waals surface area contributed by atoms with Crippen LogP contribution >= 0.6 is 0 Å². The fourth-order valence-corrected chi connectivity index (χ4v) is 5.98. The highest BCUT2D eigenvalue weighted by Gasteiger charge is 2.48. The lowest BCUT2D eigenvalue weighted by Crippen LogP contribution is -2.40. The summed E-state index contributed by atoms with van der Waals surface area (Å²) in [5, 5.41) is 13.6. The van der Waals surface area contributed by atoms with Crippen molar-refractivity contribution in [2.75, 3.05) is 0 Å². The van der Waals surface area contributed by atoms with E-state index < -0.39 is 16.4 Å². The van der Waals surface area contributed by atoms with Crippen molar-refractivity contribution in [2.24, 2.45) is 0 Å². The number of fused-ring (bicyclic) bond motifs is 3. The Balaban J connectivity index is 1.85. The van der Waals surface area contributed by atoms with E-state index in [0.29, 0.717) is 12.8 Å². The summed E-state index contributed by atoms with van der Waals surface area (Å²) in [5.41, 5.74) is 0.110. The third kappa shape index (κ3) is 1.75. The fourth-order valence-electron chi connectivity index (χ4n) is 3.82. The van der Waals surface area contributed by atoms with Gasteiger partial charge in [0.05, 0.1) is 5.60 Å². The van der Waals surface area contributed by atoms with Crippen LogP contribution in [0.15, 0.2) is 36.7 Å². The van der Waals surface area contributed by atoms with Crippen LogP contribution in [0.2, 0.25) is 0 Å². The van der Waals surface area contributed by atoms with E-state index in [-0.39, 0.29) is 10.5 Å². The highest BCUT2D eigenvalue weighted by Crippen LogP contribution is 2.47. The zero-order chi connectivity index (χ0) is 13.7. The maximum Gasteiger partial charge on any atom is 0.0926 e. The second-order valence-electron chi connectivity index (χ2n) is 5.99. The molecule has 2 saturated heterocycles. The van der Waals surface area contributed by atoms with Crippen LogP contribution in [0, 0.1) is 0 Å². The van der Waals surface area contributed by atoms with Crippen molar-refractivity contribution in [3.8, 4) is 0 Å². The van der Waals surface area contributed by atoms with Gasteiger partial charge in [-0.1, -0.05) is 18.2 Å². The molecule has 104 valence electrons. The van der Waals surface area contributed by atoms with Gasteiger partial charge in [-0.15, -0.1) is 0 Å². The minimum absolute atomic E-state index is 0.158. The van der Waals surface area contributed by atoms with Gasteiger partial charge in [-0.05, 0) is 42.7 Å². The van der Waals surface area contributed by atoms with Crippen molar-refractivity contribution in [2.45, 2.75) is 41.8 Å². The smallest absolute Gasteiger partial charge is 0.0926 e. The Bertz CT molecular complexity index is 678. The number of benzene rings is 1. The molecule has 1 N–H and O–H groups in total. The monoisotopic (exact) mass is 287 g/mol. The van der Waals surface area contributed by atoms with Crippen molar-refractivity contribution in [3.63, 3.8) is 0 Å². The van der Waals surface area contributed by atoms with Gasteiger partial charge in [-0.25, -0.2) is 0 Å². The van der Waals surface area contributed by atoms with Crippen molar-refractivity contribution in [1.29, 1.82) is 0 Å². The molecule has 0 spiro atoms. The molecule has 3 heterocycles. The predicted molar refractivity (Wildman–Crippen MR) is 79.8 cm³/mol. The molecule has 3 nitrogen and oxygen atoms in total. The van der Waals surface area contributed by atoms with Crippen molar-refractivity contribution in [1.82, 2.24) is 4.98 Å². The van der Waals surface area contributed by atoms with Crippen LogP contribution in [0.5, 0.6) is 0 Å². The molecule has 4 rings (SSSR count). The minimum Gasteiger partial charge on any atom is -0.385 e. The molecule has 2 aromatic rings. The average Bonchev–Trinajstić information content (AvgIpc) is 2.70.